The van der Waals surface area contributed by atoms with Gasteiger partial charge in [0.25, 0.3) is 5.91 Å². The summed E-state index contributed by atoms with van der Waals surface area (Å²) in [5.74, 6) is -1.12. The second-order valence-corrected chi connectivity index (χ2v) is 6.16. The van der Waals surface area contributed by atoms with Gasteiger partial charge in [-0.15, -0.1) is 0 Å². The van der Waals surface area contributed by atoms with Gasteiger partial charge in [-0.05, 0) is 47.1 Å². The van der Waals surface area contributed by atoms with Crippen LogP contribution in [0.25, 0.3) is 0 Å². The van der Waals surface area contributed by atoms with E-state index in [0.29, 0.717) is 13.0 Å². The highest BCUT2D eigenvalue weighted by Crippen LogP contribution is 2.10. The van der Waals surface area contributed by atoms with Gasteiger partial charge in [0.2, 0.25) is 0 Å². The minimum atomic E-state index is -1.21. The van der Waals surface area contributed by atoms with E-state index in [1.807, 2.05) is 0 Å². The number of esters is 1. The molecule has 2 amide bonds. The minimum absolute atomic E-state index is 0.120. The molecule has 0 aliphatic carbocycles. The first kappa shape index (κ1) is 24.1. The lowest BCUT2D eigenvalue weighted by molar-refractivity contribution is -0.152. The fourth-order valence-electron chi connectivity index (χ4n) is 1.97. The number of nitrogens with two attached hydrogens (primary N) is 2. The number of amides is 2. The van der Waals surface area contributed by atoms with E-state index in [-0.39, 0.29) is 26.4 Å². The molecule has 0 saturated heterocycles. The van der Waals surface area contributed by atoms with Crippen LogP contribution in [-0.4, -0.2) is 62.1 Å². The van der Waals surface area contributed by atoms with Crippen LogP contribution in [-0.2, 0) is 23.8 Å². The van der Waals surface area contributed by atoms with E-state index in [1.165, 1.54) is 13.8 Å². The zero-order valence-electron chi connectivity index (χ0n) is 16.0. The molecule has 0 rings (SSSR count). The Kier molecular flexibility index (Phi) is 11.5. The van der Waals surface area contributed by atoms with Crippen molar-refractivity contribution in [2.75, 3.05) is 26.5 Å². The van der Waals surface area contributed by atoms with Crippen LogP contribution >= 0.6 is 0 Å². The van der Waals surface area contributed by atoms with Crippen LogP contribution in [0.1, 0.15) is 40.5 Å². The molecule has 0 aromatic heterocycles. The first-order valence-electron chi connectivity index (χ1n) is 8.62. The van der Waals surface area contributed by atoms with Gasteiger partial charge in [0.1, 0.15) is 11.6 Å². The predicted octanol–water partition coefficient (Wildman–Crippen LogP) is -0.401. The molecule has 2 atom stereocenters. The van der Waals surface area contributed by atoms with Gasteiger partial charge in [0, 0.05) is 6.04 Å². The quantitative estimate of drug-likeness (QED) is 0.204. The molecular formula is C16H32N4O6. The molecule has 26 heavy (non-hydrogen) atoms. The summed E-state index contributed by atoms with van der Waals surface area (Å²) in [5, 5.41) is 5.17. The van der Waals surface area contributed by atoms with Crippen LogP contribution < -0.4 is 22.1 Å². The third-order valence-electron chi connectivity index (χ3n) is 3.40. The van der Waals surface area contributed by atoms with Gasteiger partial charge in [-0.2, -0.15) is 0 Å². The first-order chi connectivity index (χ1) is 12.2. The van der Waals surface area contributed by atoms with Crippen molar-refractivity contribution in [3.05, 3.63) is 0 Å². The highest BCUT2D eigenvalue weighted by molar-refractivity contribution is 5.89. The summed E-state index contributed by atoms with van der Waals surface area (Å²) in [6, 6.07) is -1.41. The third-order valence-corrected chi connectivity index (χ3v) is 3.40. The highest BCUT2D eigenvalue weighted by Gasteiger charge is 2.33. The second kappa shape index (κ2) is 12.4. The number of rotatable bonds is 12. The summed E-state index contributed by atoms with van der Waals surface area (Å²) in [6.45, 7) is 7.06. The Morgan fingerprint density at radius 3 is 2.31 bits per heavy atom. The Hall–Kier alpha value is -1.91. The molecule has 10 nitrogen and oxygen atoms in total. The Bertz CT molecular complexity index is 458. The smallest absolute Gasteiger partial charge is 0.407 e. The minimum Gasteiger partial charge on any atom is -0.464 e. The van der Waals surface area contributed by atoms with Crippen molar-refractivity contribution in [3.63, 3.8) is 0 Å². The molecule has 0 bridgehead atoms. The Balaban J connectivity index is 4.80. The Labute approximate surface area is 154 Å². The van der Waals surface area contributed by atoms with Crippen molar-refractivity contribution in [2.24, 2.45) is 11.5 Å². The average molecular weight is 376 g/mol. The van der Waals surface area contributed by atoms with Crippen molar-refractivity contribution in [1.82, 2.24) is 10.6 Å². The largest absolute Gasteiger partial charge is 0.464 e. The molecule has 0 aliphatic heterocycles. The van der Waals surface area contributed by atoms with E-state index in [4.69, 9.17) is 25.7 Å². The molecule has 0 aromatic carbocycles. The monoisotopic (exact) mass is 376 g/mol. The van der Waals surface area contributed by atoms with E-state index in [1.54, 1.807) is 13.8 Å². The van der Waals surface area contributed by atoms with Crippen molar-refractivity contribution in [1.29, 1.82) is 0 Å². The number of alkyl carbamates (subject to hydrolysis) is 1. The first-order valence-corrected chi connectivity index (χ1v) is 8.62. The molecule has 0 spiro atoms. The fourth-order valence-corrected chi connectivity index (χ4v) is 1.97. The van der Waals surface area contributed by atoms with Gasteiger partial charge < -0.3 is 36.3 Å². The van der Waals surface area contributed by atoms with Crippen LogP contribution in [0, 0.1) is 0 Å². The van der Waals surface area contributed by atoms with E-state index >= 15 is 0 Å². The standard InChI is InChI=1S/C16H32N4O6/c1-5-24-13(21)12(20-14(22)16(3,4)26-10-18)9-11(2)19-15(23)25-8-6-7-17/h11-12H,5-10,17-18H2,1-4H3,(H,19,23)(H,20,22). The van der Waals surface area contributed by atoms with Crippen molar-refractivity contribution < 1.29 is 28.6 Å². The van der Waals surface area contributed by atoms with E-state index in [9.17, 15) is 14.4 Å². The molecule has 0 radical (unpaired) electrons. The second-order valence-electron chi connectivity index (χ2n) is 6.16. The van der Waals surface area contributed by atoms with Crippen molar-refractivity contribution >= 4 is 18.0 Å². The summed E-state index contributed by atoms with van der Waals surface area (Å²) in [7, 11) is 0. The van der Waals surface area contributed by atoms with Crippen molar-refractivity contribution in [3.8, 4) is 0 Å². The normalized spacial score (nSPS) is 13.5. The topological polar surface area (TPSA) is 155 Å². The molecule has 2 unspecified atom stereocenters. The lowest BCUT2D eigenvalue weighted by Crippen LogP contribution is -2.53. The maximum absolute atomic E-state index is 12.3. The summed E-state index contributed by atoms with van der Waals surface area (Å²) in [6.07, 6.45) is 0.0566. The van der Waals surface area contributed by atoms with E-state index in [2.05, 4.69) is 10.6 Å². The zero-order chi connectivity index (χ0) is 20.2. The lowest BCUT2D eigenvalue weighted by atomic mass is 10.0. The number of carbonyl (C=O) groups excluding carboxylic acids is 3. The summed E-state index contributed by atoms with van der Waals surface area (Å²) in [5.41, 5.74) is 9.43. The molecule has 0 aromatic rings. The van der Waals surface area contributed by atoms with Gasteiger partial charge in [0.15, 0.2) is 0 Å². The number of ether oxygens (including phenoxy) is 3. The third kappa shape index (κ3) is 9.54. The van der Waals surface area contributed by atoms with Crippen molar-refractivity contribution in [2.45, 2.75) is 58.2 Å². The average Bonchev–Trinajstić information content (AvgIpc) is 2.54. The van der Waals surface area contributed by atoms with Crippen LogP contribution in [0.15, 0.2) is 0 Å². The van der Waals surface area contributed by atoms with Gasteiger partial charge in [0.05, 0.1) is 19.9 Å². The SMILES string of the molecule is CCOC(=O)C(CC(C)NC(=O)OCCCN)NC(=O)C(C)(C)OCN. The van der Waals surface area contributed by atoms with Gasteiger partial charge >= 0.3 is 12.1 Å². The molecule has 0 heterocycles. The fraction of sp³-hybridized carbons (Fsp3) is 0.812. The summed E-state index contributed by atoms with van der Waals surface area (Å²) < 4.78 is 15.1. The van der Waals surface area contributed by atoms with Crippen LogP contribution in [0.4, 0.5) is 4.79 Å². The maximum Gasteiger partial charge on any atom is 0.407 e. The molecule has 0 aliphatic rings. The van der Waals surface area contributed by atoms with Crippen LogP contribution in [0.3, 0.4) is 0 Å². The Morgan fingerprint density at radius 2 is 1.77 bits per heavy atom. The van der Waals surface area contributed by atoms with Crippen LogP contribution in [0.5, 0.6) is 0 Å². The highest BCUT2D eigenvalue weighted by atomic mass is 16.5. The number of nitrogens with one attached hydrogen (secondary N) is 2. The molecule has 6 N–H and O–H groups in total. The zero-order valence-corrected chi connectivity index (χ0v) is 16.0. The molecule has 0 fully saturated rings. The molecular weight excluding hydrogens is 344 g/mol. The molecule has 0 saturated carbocycles. The van der Waals surface area contributed by atoms with Gasteiger partial charge in [-0.1, -0.05) is 0 Å². The molecule has 152 valence electrons. The molecule has 10 heteroatoms. The summed E-state index contributed by atoms with van der Waals surface area (Å²) >= 11 is 0. The maximum atomic E-state index is 12.3. The number of carbonyl (C=O) groups is 3. The van der Waals surface area contributed by atoms with Gasteiger partial charge in [-0.3, -0.25) is 4.79 Å². The lowest BCUT2D eigenvalue weighted by Gasteiger charge is -2.27. The van der Waals surface area contributed by atoms with E-state index < -0.39 is 35.7 Å². The predicted molar refractivity (Wildman–Crippen MR) is 95.0 cm³/mol. The van der Waals surface area contributed by atoms with Crippen LogP contribution in [0.2, 0.25) is 0 Å². The number of hydrogen-bond donors (Lipinski definition) is 4. The van der Waals surface area contributed by atoms with Gasteiger partial charge in [-0.25, -0.2) is 9.59 Å². The Morgan fingerprint density at radius 1 is 1.12 bits per heavy atom. The van der Waals surface area contributed by atoms with E-state index in [0.717, 1.165) is 0 Å². The summed E-state index contributed by atoms with van der Waals surface area (Å²) in [4.78, 5) is 36.1. The number of hydrogen-bond acceptors (Lipinski definition) is 8.